The SMILES string of the molecule is O=S(=O)(c1ccc2c(c1)CCC2)c1ccc(C2CC2)cc1S. The van der Waals surface area contributed by atoms with Crippen molar-refractivity contribution in [1.29, 1.82) is 0 Å². The lowest BCUT2D eigenvalue weighted by atomic mass is 10.1. The highest BCUT2D eigenvalue weighted by molar-refractivity contribution is 7.92. The predicted molar refractivity (Wildman–Crippen MR) is 89.6 cm³/mol. The van der Waals surface area contributed by atoms with Crippen LogP contribution in [-0.4, -0.2) is 8.42 Å². The van der Waals surface area contributed by atoms with Crippen LogP contribution >= 0.6 is 12.6 Å². The number of thiol groups is 1. The van der Waals surface area contributed by atoms with Crippen LogP contribution in [0.1, 0.15) is 41.9 Å². The second-order valence-electron chi connectivity index (χ2n) is 6.29. The molecule has 0 unspecified atom stereocenters. The summed E-state index contributed by atoms with van der Waals surface area (Å²) in [4.78, 5) is 1.27. The zero-order chi connectivity index (χ0) is 15.3. The molecule has 0 aromatic heterocycles. The lowest BCUT2D eigenvalue weighted by molar-refractivity contribution is 0.594. The largest absolute Gasteiger partial charge is 0.218 e. The molecule has 4 rings (SSSR count). The minimum absolute atomic E-state index is 0.318. The molecule has 0 amide bonds. The smallest absolute Gasteiger partial charge is 0.207 e. The Morgan fingerprint density at radius 1 is 0.955 bits per heavy atom. The maximum absolute atomic E-state index is 12.9. The van der Waals surface area contributed by atoms with E-state index in [9.17, 15) is 8.42 Å². The number of hydrogen-bond donors (Lipinski definition) is 1. The van der Waals surface area contributed by atoms with Gasteiger partial charge in [0.1, 0.15) is 0 Å². The van der Waals surface area contributed by atoms with Gasteiger partial charge in [-0.3, -0.25) is 0 Å². The standard InChI is InChI=1S/C18H18O2S2/c19-22(20,16-8-6-12-2-1-3-14(12)10-16)18-9-7-15(11-17(18)21)13-4-5-13/h6-11,13,21H,1-5H2. The molecule has 0 atom stereocenters. The van der Waals surface area contributed by atoms with Crippen molar-refractivity contribution < 1.29 is 8.42 Å². The minimum Gasteiger partial charge on any atom is -0.218 e. The zero-order valence-electron chi connectivity index (χ0n) is 12.2. The van der Waals surface area contributed by atoms with Crippen molar-refractivity contribution in [2.75, 3.05) is 0 Å². The van der Waals surface area contributed by atoms with Gasteiger partial charge in [-0.2, -0.15) is 0 Å². The summed E-state index contributed by atoms with van der Waals surface area (Å²) in [6, 6.07) is 11.1. The minimum atomic E-state index is -3.49. The number of benzene rings is 2. The fourth-order valence-electron chi connectivity index (χ4n) is 3.27. The quantitative estimate of drug-likeness (QED) is 0.857. The van der Waals surface area contributed by atoms with Crippen molar-refractivity contribution in [3.05, 3.63) is 53.1 Å². The molecule has 2 aromatic rings. The summed E-state index contributed by atoms with van der Waals surface area (Å²) in [6.45, 7) is 0. The normalized spacial score (nSPS) is 17.5. The van der Waals surface area contributed by atoms with Crippen LogP contribution in [0.15, 0.2) is 51.1 Å². The van der Waals surface area contributed by atoms with Gasteiger partial charge in [-0.05, 0) is 79.0 Å². The van der Waals surface area contributed by atoms with Crippen LogP contribution < -0.4 is 0 Å². The van der Waals surface area contributed by atoms with Crippen LogP contribution in [0.3, 0.4) is 0 Å². The average Bonchev–Trinajstić information content (AvgIpc) is 3.24. The van der Waals surface area contributed by atoms with E-state index in [1.165, 1.54) is 29.5 Å². The molecule has 0 saturated heterocycles. The summed E-state index contributed by atoms with van der Waals surface area (Å²) in [7, 11) is -3.49. The number of aryl methyl sites for hydroxylation is 2. The maximum atomic E-state index is 12.9. The molecule has 0 heterocycles. The van der Waals surface area contributed by atoms with Crippen LogP contribution in [0.2, 0.25) is 0 Å². The van der Waals surface area contributed by atoms with Gasteiger partial charge in [0.05, 0.1) is 9.79 Å². The number of hydrogen-bond acceptors (Lipinski definition) is 3. The summed E-state index contributed by atoms with van der Waals surface area (Å²) in [6.07, 6.45) is 5.55. The highest BCUT2D eigenvalue weighted by atomic mass is 32.2. The van der Waals surface area contributed by atoms with E-state index in [-0.39, 0.29) is 0 Å². The molecule has 2 nitrogen and oxygen atoms in total. The molecule has 1 fully saturated rings. The van der Waals surface area contributed by atoms with E-state index < -0.39 is 9.84 Å². The van der Waals surface area contributed by atoms with Crippen LogP contribution in [-0.2, 0) is 22.7 Å². The summed E-state index contributed by atoms with van der Waals surface area (Å²) in [5.41, 5.74) is 3.67. The van der Waals surface area contributed by atoms with Gasteiger partial charge in [0.15, 0.2) is 0 Å². The molecule has 2 aliphatic rings. The third kappa shape index (κ3) is 2.38. The Bertz CT molecular complexity index is 849. The lowest BCUT2D eigenvalue weighted by Crippen LogP contribution is -2.04. The number of sulfone groups is 1. The fraction of sp³-hybridized carbons (Fsp3) is 0.333. The highest BCUT2D eigenvalue weighted by Gasteiger charge is 2.27. The second kappa shape index (κ2) is 5.14. The molecule has 4 heteroatoms. The fourth-order valence-corrected chi connectivity index (χ4v) is 5.24. The van der Waals surface area contributed by atoms with Gasteiger partial charge < -0.3 is 0 Å². The van der Waals surface area contributed by atoms with Crippen LogP contribution in [0, 0.1) is 0 Å². The van der Waals surface area contributed by atoms with Gasteiger partial charge in [-0.15, -0.1) is 12.6 Å². The van der Waals surface area contributed by atoms with Crippen molar-refractivity contribution in [2.24, 2.45) is 0 Å². The van der Waals surface area contributed by atoms with E-state index in [0.717, 1.165) is 19.3 Å². The van der Waals surface area contributed by atoms with Gasteiger partial charge in [0.2, 0.25) is 9.84 Å². The van der Waals surface area contributed by atoms with Crippen molar-refractivity contribution in [3.8, 4) is 0 Å². The second-order valence-corrected chi connectivity index (χ2v) is 8.69. The Balaban J connectivity index is 1.77. The number of rotatable bonds is 3. The van der Waals surface area contributed by atoms with E-state index in [0.29, 0.717) is 20.6 Å². The highest BCUT2D eigenvalue weighted by Crippen LogP contribution is 2.42. The molecule has 1 saturated carbocycles. The molecule has 114 valence electrons. The Kier molecular flexibility index (Phi) is 3.35. The third-order valence-corrected chi connectivity index (χ3v) is 7.03. The molecule has 0 spiro atoms. The molecule has 0 N–H and O–H groups in total. The van der Waals surface area contributed by atoms with Crippen LogP contribution in [0.4, 0.5) is 0 Å². The first-order valence-corrected chi connectivity index (χ1v) is 9.68. The topological polar surface area (TPSA) is 34.1 Å². The summed E-state index contributed by atoms with van der Waals surface area (Å²) in [5.74, 6) is 0.600. The Hall–Kier alpha value is -1.26. The van der Waals surface area contributed by atoms with Gasteiger partial charge in [-0.25, -0.2) is 8.42 Å². The van der Waals surface area contributed by atoms with E-state index >= 15 is 0 Å². The summed E-state index contributed by atoms with van der Waals surface area (Å²) < 4.78 is 25.8. The van der Waals surface area contributed by atoms with Crippen molar-refractivity contribution in [3.63, 3.8) is 0 Å². The maximum Gasteiger partial charge on any atom is 0.207 e. The number of fused-ring (bicyclic) bond motifs is 1. The molecule has 0 bridgehead atoms. The zero-order valence-corrected chi connectivity index (χ0v) is 14.0. The van der Waals surface area contributed by atoms with E-state index in [1.807, 2.05) is 24.3 Å². The Morgan fingerprint density at radius 2 is 1.73 bits per heavy atom. The first kappa shape index (κ1) is 14.3. The van der Waals surface area contributed by atoms with E-state index in [2.05, 4.69) is 12.6 Å². The molecule has 0 aliphatic heterocycles. The van der Waals surface area contributed by atoms with Gasteiger partial charge in [0, 0.05) is 4.90 Å². The molecule has 2 aliphatic carbocycles. The summed E-state index contributed by atoms with van der Waals surface area (Å²) >= 11 is 4.44. The van der Waals surface area contributed by atoms with Gasteiger partial charge >= 0.3 is 0 Å². The van der Waals surface area contributed by atoms with Gasteiger partial charge in [-0.1, -0.05) is 12.1 Å². The molecular weight excluding hydrogens is 312 g/mol. The Labute approximate surface area is 136 Å². The lowest BCUT2D eigenvalue weighted by Gasteiger charge is -2.10. The van der Waals surface area contributed by atoms with Crippen LogP contribution in [0.5, 0.6) is 0 Å². The summed E-state index contributed by atoms with van der Waals surface area (Å²) in [5, 5.41) is 0. The monoisotopic (exact) mass is 330 g/mol. The van der Waals surface area contributed by atoms with Crippen LogP contribution in [0.25, 0.3) is 0 Å². The van der Waals surface area contributed by atoms with Crippen molar-refractivity contribution in [2.45, 2.75) is 52.7 Å². The predicted octanol–water partition coefficient (Wildman–Crippen LogP) is 4.17. The third-order valence-electron chi connectivity index (χ3n) is 4.70. The van der Waals surface area contributed by atoms with Gasteiger partial charge in [0.25, 0.3) is 0 Å². The first-order chi connectivity index (χ1) is 10.6. The molecule has 0 radical (unpaired) electrons. The van der Waals surface area contributed by atoms with E-state index in [4.69, 9.17) is 0 Å². The Morgan fingerprint density at radius 3 is 2.45 bits per heavy atom. The molecular formula is C18H18O2S2. The van der Waals surface area contributed by atoms with Crippen molar-refractivity contribution in [1.82, 2.24) is 0 Å². The first-order valence-electron chi connectivity index (χ1n) is 7.75. The average molecular weight is 330 g/mol. The van der Waals surface area contributed by atoms with Crippen molar-refractivity contribution >= 4 is 22.5 Å². The molecule has 2 aromatic carbocycles. The molecule has 22 heavy (non-hydrogen) atoms. The van der Waals surface area contributed by atoms with E-state index in [1.54, 1.807) is 12.1 Å².